The van der Waals surface area contributed by atoms with Crippen LogP contribution >= 0.6 is 0 Å². The fourth-order valence-corrected chi connectivity index (χ4v) is 2.34. The van der Waals surface area contributed by atoms with E-state index in [1.54, 1.807) is 24.3 Å². The zero-order chi connectivity index (χ0) is 18.6. The smallest absolute Gasteiger partial charge is 0.254 e. The van der Waals surface area contributed by atoms with E-state index in [9.17, 15) is 9.59 Å². The van der Waals surface area contributed by atoms with Crippen LogP contribution in [0.1, 0.15) is 15.9 Å². The number of hydrogen-bond acceptors (Lipinski definition) is 2. The fourth-order valence-electron chi connectivity index (χ4n) is 2.34. The van der Waals surface area contributed by atoms with E-state index in [1.807, 2.05) is 72.8 Å². The van der Waals surface area contributed by atoms with Crippen LogP contribution in [0.3, 0.4) is 0 Å². The number of carbonyl (C=O) groups is 2. The van der Waals surface area contributed by atoms with Gasteiger partial charge in [-0.25, -0.2) is 0 Å². The summed E-state index contributed by atoms with van der Waals surface area (Å²) >= 11 is 0. The van der Waals surface area contributed by atoms with Gasteiger partial charge in [0.2, 0.25) is 5.91 Å². The Morgan fingerprint density at radius 3 is 1.58 bits per heavy atom. The Morgan fingerprint density at radius 1 is 0.692 bits per heavy atom. The van der Waals surface area contributed by atoms with Gasteiger partial charge in [-0.1, -0.05) is 84.9 Å². The molecule has 0 aliphatic carbocycles. The maximum Gasteiger partial charge on any atom is 0.254 e. The molecule has 0 heterocycles. The van der Waals surface area contributed by atoms with Gasteiger partial charge in [-0.05, 0) is 17.7 Å². The van der Waals surface area contributed by atoms with Gasteiger partial charge in [0.15, 0.2) is 0 Å². The molecule has 132 valence electrons. The van der Waals surface area contributed by atoms with Crippen molar-refractivity contribution in [1.82, 2.24) is 4.90 Å². The molecule has 0 saturated carbocycles. The molecule has 3 aromatic carbocycles. The van der Waals surface area contributed by atoms with Crippen molar-refractivity contribution in [2.45, 2.75) is 6.54 Å². The van der Waals surface area contributed by atoms with Crippen molar-refractivity contribution in [2.75, 3.05) is 6.54 Å². The molecule has 2 N–H and O–H groups in total. The van der Waals surface area contributed by atoms with Gasteiger partial charge >= 0.3 is 0 Å². The first-order valence-corrected chi connectivity index (χ1v) is 8.33. The van der Waals surface area contributed by atoms with Crippen LogP contribution < -0.4 is 5.73 Å². The summed E-state index contributed by atoms with van der Waals surface area (Å²) in [5.74, 6) is -0.724. The first kappa shape index (κ1) is 18.9. The minimum Gasteiger partial charge on any atom is -0.368 e. The van der Waals surface area contributed by atoms with Crippen LogP contribution in [-0.2, 0) is 11.3 Å². The first-order valence-electron chi connectivity index (χ1n) is 8.33. The summed E-state index contributed by atoms with van der Waals surface area (Å²) in [5, 5.41) is 0. The van der Waals surface area contributed by atoms with Crippen LogP contribution in [0.2, 0.25) is 0 Å². The van der Waals surface area contributed by atoms with Crippen LogP contribution in [0.15, 0.2) is 97.1 Å². The predicted molar refractivity (Wildman–Crippen MR) is 103 cm³/mol. The molecule has 0 aliphatic heterocycles. The maximum atomic E-state index is 12.4. The van der Waals surface area contributed by atoms with Gasteiger partial charge in [-0.15, -0.1) is 0 Å². The third-order valence-corrected chi connectivity index (χ3v) is 3.54. The third kappa shape index (κ3) is 6.61. The van der Waals surface area contributed by atoms with Crippen molar-refractivity contribution in [1.29, 1.82) is 0 Å². The molecule has 0 bridgehead atoms. The van der Waals surface area contributed by atoms with Crippen molar-refractivity contribution >= 4 is 11.8 Å². The van der Waals surface area contributed by atoms with E-state index in [0.717, 1.165) is 5.56 Å². The van der Waals surface area contributed by atoms with Crippen LogP contribution in [0.4, 0.5) is 0 Å². The fraction of sp³-hybridized carbons (Fsp3) is 0.0909. The van der Waals surface area contributed by atoms with Crippen molar-refractivity contribution < 1.29 is 9.59 Å². The quantitative estimate of drug-likeness (QED) is 0.768. The number of nitrogens with two attached hydrogens (primary N) is 1. The molecular formula is C22H22N2O2. The van der Waals surface area contributed by atoms with Gasteiger partial charge in [0.05, 0.1) is 6.54 Å². The first-order chi connectivity index (χ1) is 12.7. The second-order valence-electron chi connectivity index (χ2n) is 5.63. The normalized spacial score (nSPS) is 9.54. The molecule has 3 rings (SSSR count). The lowest BCUT2D eigenvalue weighted by Gasteiger charge is -2.21. The average Bonchev–Trinajstić information content (AvgIpc) is 2.70. The molecule has 2 amide bonds. The highest BCUT2D eigenvalue weighted by molar-refractivity contribution is 5.96. The molecule has 0 aliphatic rings. The Bertz CT molecular complexity index is 763. The Morgan fingerprint density at radius 2 is 1.12 bits per heavy atom. The van der Waals surface area contributed by atoms with Crippen LogP contribution in [0.25, 0.3) is 0 Å². The highest BCUT2D eigenvalue weighted by atomic mass is 16.2. The standard InChI is InChI=1S/C16H16N2O2.C6H6/c17-15(19)12-18(11-13-7-3-1-4-8-13)16(20)14-9-5-2-6-10-14;1-2-4-6-5-3-1/h1-10H,11-12H2,(H2,17,19);1-6H. The Labute approximate surface area is 153 Å². The topological polar surface area (TPSA) is 63.4 Å². The lowest BCUT2D eigenvalue weighted by molar-refractivity contribution is -0.118. The van der Waals surface area contributed by atoms with E-state index >= 15 is 0 Å². The molecule has 0 aromatic heterocycles. The molecule has 0 saturated heterocycles. The summed E-state index contributed by atoms with van der Waals surface area (Å²) in [6.45, 7) is 0.264. The van der Waals surface area contributed by atoms with E-state index in [-0.39, 0.29) is 12.5 Å². The number of hydrogen-bond donors (Lipinski definition) is 1. The number of benzene rings is 3. The lowest BCUT2D eigenvalue weighted by Crippen LogP contribution is -2.37. The van der Waals surface area contributed by atoms with Crippen molar-refractivity contribution in [3.8, 4) is 0 Å². The molecule has 26 heavy (non-hydrogen) atoms. The van der Waals surface area contributed by atoms with Gasteiger partial charge in [0.1, 0.15) is 0 Å². The van der Waals surface area contributed by atoms with Gasteiger partial charge in [0.25, 0.3) is 5.91 Å². The minimum atomic E-state index is -0.523. The van der Waals surface area contributed by atoms with Crippen molar-refractivity contribution in [2.24, 2.45) is 5.73 Å². The summed E-state index contributed by atoms with van der Waals surface area (Å²) in [5.41, 5.74) is 6.73. The van der Waals surface area contributed by atoms with Crippen molar-refractivity contribution in [3.05, 3.63) is 108 Å². The molecule has 0 atom stereocenters. The molecule has 0 radical (unpaired) electrons. The van der Waals surface area contributed by atoms with E-state index in [2.05, 4.69) is 0 Å². The number of primary amides is 1. The highest BCUT2D eigenvalue weighted by Gasteiger charge is 2.17. The molecule has 0 unspecified atom stereocenters. The van der Waals surface area contributed by atoms with Crippen LogP contribution in [0, 0.1) is 0 Å². The number of nitrogens with zero attached hydrogens (tertiary/aromatic N) is 1. The van der Waals surface area contributed by atoms with Crippen LogP contribution in [0.5, 0.6) is 0 Å². The van der Waals surface area contributed by atoms with Gasteiger partial charge < -0.3 is 10.6 Å². The number of amides is 2. The third-order valence-electron chi connectivity index (χ3n) is 3.54. The molecule has 0 spiro atoms. The van der Waals surface area contributed by atoms with Crippen LogP contribution in [-0.4, -0.2) is 23.3 Å². The van der Waals surface area contributed by atoms with E-state index in [1.165, 1.54) is 4.90 Å². The summed E-state index contributed by atoms with van der Waals surface area (Å²) in [7, 11) is 0. The van der Waals surface area contributed by atoms with Crippen molar-refractivity contribution in [3.63, 3.8) is 0 Å². The Balaban J connectivity index is 0.000000342. The van der Waals surface area contributed by atoms with E-state index in [4.69, 9.17) is 5.73 Å². The second kappa shape index (κ2) is 10.5. The monoisotopic (exact) mass is 346 g/mol. The summed E-state index contributed by atoms with van der Waals surface area (Å²) < 4.78 is 0. The molecule has 0 fully saturated rings. The minimum absolute atomic E-state index is 0.0946. The molecule has 4 heteroatoms. The second-order valence-corrected chi connectivity index (χ2v) is 5.63. The average molecular weight is 346 g/mol. The zero-order valence-electron chi connectivity index (χ0n) is 14.5. The number of rotatable bonds is 5. The summed E-state index contributed by atoms with van der Waals surface area (Å²) in [4.78, 5) is 25.0. The lowest BCUT2D eigenvalue weighted by atomic mass is 10.1. The SMILES string of the molecule is NC(=O)CN(Cc1ccccc1)C(=O)c1ccccc1.c1ccccc1. The Hall–Kier alpha value is -3.40. The zero-order valence-corrected chi connectivity index (χ0v) is 14.5. The van der Waals surface area contributed by atoms with E-state index < -0.39 is 5.91 Å². The largest absolute Gasteiger partial charge is 0.368 e. The molecular weight excluding hydrogens is 324 g/mol. The maximum absolute atomic E-state index is 12.4. The summed E-state index contributed by atoms with van der Waals surface area (Å²) in [6.07, 6.45) is 0. The number of carbonyl (C=O) groups excluding carboxylic acids is 2. The summed E-state index contributed by atoms with van der Waals surface area (Å²) in [6, 6.07) is 30.4. The predicted octanol–water partition coefficient (Wildman–Crippen LogP) is 3.50. The Kier molecular flexibility index (Phi) is 7.62. The van der Waals surface area contributed by atoms with Gasteiger partial charge in [-0.3, -0.25) is 9.59 Å². The molecule has 3 aromatic rings. The van der Waals surface area contributed by atoms with Gasteiger partial charge in [-0.2, -0.15) is 0 Å². The highest BCUT2D eigenvalue weighted by Crippen LogP contribution is 2.09. The van der Waals surface area contributed by atoms with E-state index in [0.29, 0.717) is 12.1 Å². The van der Waals surface area contributed by atoms with Gasteiger partial charge in [0, 0.05) is 12.1 Å². The molecule has 4 nitrogen and oxygen atoms in total.